The summed E-state index contributed by atoms with van der Waals surface area (Å²) in [4.78, 5) is 2.28. The van der Waals surface area contributed by atoms with Crippen LogP contribution >= 0.6 is 0 Å². The number of hydrogen-bond donors (Lipinski definition) is 2. The van der Waals surface area contributed by atoms with Gasteiger partial charge in [0.05, 0.1) is 12.7 Å². The fourth-order valence-corrected chi connectivity index (χ4v) is 2.32. The standard InChI is InChI=1S/C14H21N3O/c1-3-11-9-17(6-7-18-11)13-8-10(2)4-5-12(13)14(15)16/h4-5,8,11H,3,6-7,9H2,1-2H3,(H3,15,16). The topological polar surface area (TPSA) is 62.3 Å². The highest BCUT2D eigenvalue weighted by Crippen LogP contribution is 2.24. The van der Waals surface area contributed by atoms with Gasteiger partial charge in [-0.05, 0) is 31.0 Å². The first-order chi connectivity index (χ1) is 8.61. The van der Waals surface area contributed by atoms with Gasteiger partial charge in [0.15, 0.2) is 0 Å². The molecule has 98 valence electrons. The highest BCUT2D eigenvalue weighted by molar-refractivity contribution is 6.00. The van der Waals surface area contributed by atoms with Gasteiger partial charge in [0.1, 0.15) is 5.84 Å². The summed E-state index contributed by atoms with van der Waals surface area (Å²) in [6.07, 6.45) is 1.29. The number of nitrogen functional groups attached to an aromatic ring is 1. The number of nitrogens with one attached hydrogen (secondary N) is 1. The van der Waals surface area contributed by atoms with Crippen LogP contribution in [0.2, 0.25) is 0 Å². The number of ether oxygens (including phenoxy) is 1. The molecule has 4 heteroatoms. The van der Waals surface area contributed by atoms with Crippen molar-refractivity contribution in [1.82, 2.24) is 0 Å². The van der Waals surface area contributed by atoms with Crippen LogP contribution in [0.5, 0.6) is 0 Å². The summed E-state index contributed by atoms with van der Waals surface area (Å²) < 4.78 is 5.68. The molecule has 0 aliphatic carbocycles. The van der Waals surface area contributed by atoms with Gasteiger partial charge in [-0.1, -0.05) is 13.0 Å². The third kappa shape index (κ3) is 2.64. The van der Waals surface area contributed by atoms with Crippen molar-refractivity contribution in [1.29, 1.82) is 5.41 Å². The van der Waals surface area contributed by atoms with Crippen LogP contribution in [0.15, 0.2) is 18.2 Å². The minimum atomic E-state index is 0.129. The Labute approximate surface area is 108 Å². The number of nitrogens with zero attached hydrogens (tertiary/aromatic N) is 1. The third-order valence-electron chi connectivity index (χ3n) is 3.38. The summed E-state index contributed by atoms with van der Waals surface area (Å²) in [5.41, 5.74) is 8.73. The smallest absolute Gasteiger partial charge is 0.124 e. The van der Waals surface area contributed by atoms with Gasteiger partial charge in [0.25, 0.3) is 0 Å². The van der Waals surface area contributed by atoms with Crippen molar-refractivity contribution in [2.24, 2.45) is 5.73 Å². The predicted molar refractivity (Wildman–Crippen MR) is 74.4 cm³/mol. The minimum absolute atomic E-state index is 0.129. The second kappa shape index (κ2) is 5.40. The number of morpholine rings is 1. The van der Waals surface area contributed by atoms with Gasteiger partial charge in [0.2, 0.25) is 0 Å². The average Bonchev–Trinajstić information content (AvgIpc) is 2.38. The zero-order valence-corrected chi connectivity index (χ0v) is 11.1. The molecule has 0 amide bonds. The van der Waals surface area contributed by atoms with E-state index in [1.807, 2.05) is 12.1 Å². The number of hydrogen-bond acceptors (Lipinski definition) is 3. The summed E-state index contributed by atoms with van der Waals surface area (Å²) in [6.45, 7) is 6.67. The van der Waals surface area contributed by atoms with E-state index in [0.29, 0.717) is 0 Å². The second-order valence-corrected chi connectivity index (χ2v) is 4.78. The molecule has 0 radical (unpaired) electrons. The van der Waals surface area contributed by atoms with Gasteiger partial charge in [0, 0.05) is 24.3 Å². The number of aryl methyl sites for hydroxylation is 1. The van der Waals surface area contributed by atoms with Crippen LogP contribution in [0.3, 0.4) is 0 Å². The van der Waals surface area contributed by atoms with Crippen LogP contribution in [0.1, 0.15) is 24.5 Å². The van der Waals surface area contributed by atoms with E-state index >= 15 is 0 Å². The van der Waals surface area contributed by atoms with Crippen LogP contribution in [-0.4, -0.2) is 31.6 Å². The molecule has 0 spiro atoms. The Kier molecular flexibility index (Phi) is 3.87. The molecule has 2 rings (SSSR count). The van der Waals surface area contributed by atoms with E-state index in [1.165, 1.54) is 5.56 Å². The lowest BCUT2D eigenvalue weighted by Crippen LogP contribution is -2.43. The van der Waals surface area contributed by atoms with Crippen LogP contribution in [-0.2, 0) is 4.74 Å². The molecule has 4 nitrogen and oxygen atoms in total. The molecule has 1 heterocycles. The van der Waals surface area contributed by atoms with Crippen molar-refractivity contribution in [2.45, 2.75) is 26.4 Å². The summed E-state index contributed by atoms with van der Waals surface area (Å²) in [5, 5.41) is 7.68. The summed E-state index contributed by atoms with van der Waals surface area (Å²) in [7, 11) is 0. The fraction of sp³-hybridized carbons (Fsp3) is 0.500. The third-order valence-corrected chi connectivity index (χ3v) is 3.38. The Balaban J connectivity index is 2.31. The van der Waals surface area contributed by atoms with Gasteiger partial charge in [-0.2, -0.15) is 0 Å². The number of amidine groups is 1. The van der Waals surface area contributed by atoms with Gasteiger partial charge in [-0.25, -0.2) is 0 Å². The number of nitrogens with two attached hydrogens (primary N) is 1. The van der Waals surface area contributed by atoms with Gasteiger partial charge >= 0.3 is 0 Å². The van der Waals surface area contributed by atoms with Gasteiger partial charge < -0.3 is 15.4 Å². The van der Waals surface area contributed by atoms with E-state index in [-0.39, 0.29) is 11.9 Å². The SMILES string of the molecule is CCC1CN(c2cc(C)ccc2C(=N)N)CCO1. The van der Waals surface area contributed by atoms with Gasteiger partial charge in [-0.15, -0.1) is 0 Å². The molecule has 0 saturated carbocycles. The van der Waals surface area contributed by atoms with Crippen LogP contribution < -0.4 is 10.6 Å². The fourth-order valence-electron chi connectivity index (χ4n) is 2.32. The molecular weight excluding hydrogens is 226 g/mol. The van der Waals surface area contributed by atoms with Gasteiger partial charge in [-0.3, -0.25) is 5.41 Å². The molecule has 1 aliphatic rings. The van der Waals surface area contributed by atoms with E-state index in [9.17, 15) is 0 Å². The molecule has 0 bridgehead atoms. The molecule has 3 N–H and O–H groups in total. The normalized spacial score (nSPS) is 19.9. The molecule has 0 aromatic heterocycles. The average molecular weight is 247 g/mol. The maximum absolute atomic E-state index is 7.68. The molecule has 1 saturated heterocycles. The lowest BCUT2D eigenvalue weighted by atomic mass is 10.1. The second-order valence-electron chi connectivity index (χ2n) is 4.78. The Bertz CT molecular complexity index is 445. The Hall–Kier alpha value is -1.55. The highest BCUT2D eigenvalue weighted by Gasteiger charge is 2.21. The number of anilines is 1. The largest absolute Gasteiger partial charge is 0.384 e. The van der Waals surface area contributed by atoms with Crippen molar-refractivity contribution < 1.29 is 4.74 Å². The Morgan fingerprint density at radius 3 is 3.00 bits per heavy atom. The first kappa shape index (κ1) is 12.9. The molecule has 1 unspecified atom stereocenters. The predicted octanol–water partition coefficient (Wildman–Crippen LogP) is 1.89. The Morgan fingerprint density at radius 1 is 1.56 bits per heavy atom. The molecular formula is C14H21N3O. The lowest BCUT2D eigenvalue weighted by molar-refractivity contribution is 0.0384. The zero-order valence-electron chi connectivity index (χ0n) is 11.1. The summed E-state index contributed by atoms with van der Waals surface area (Å²) in [5.74, 6) is 0.129. The van der Waals surface area contributed by atoms with E-state index < -0.39 is 0 Å². The van der Waals surface area contributed by atoms with Crippen LogP contribution in [0, 0.1) is 12.3 Å². The molecule has 1 aliphatic heterocycles. The first-order valence-electron chi connectivity index (χ1n) is 6.43. The van der Waals surface area contributed by atoms with Crippen LogP contribution in [0.4, 0.5) is 5.69 Å². The maximum atomic E-state index is 7.68. The molecule has 1 atom stereocenters. The monoisotopic (exact) mass is 247 g/mol. The first-order valence-corrected chi connectivity index (χ1v) is 6.43. The summed E-state index contributed by atoms with van der Waals surface area (Å²) >= 11 is 0. The molecule has 18 heavy (non-hydrogen) atoms. The number of rotatable bonds is 3. The molecule has 1 aromatic carbocycles. The van der Waals surface area contributed by atoms with Crippen LogP contribution in [0.25, 0.3) is 0 Å². The highest BCUT2D eigenvalue weighted by atomic mass is 16.5. The summed E-state index contributed by atoms with van der Waals surface area (Å²) in [6, 6.07) is 6.04. The lowest BCUT2D eigenvalue weighted by Gasteiger charge is -2.35. The molecule has 1 aromatic rings. The van der Waals surface area contributed by atoms with Crippen molar-refractivity contribution >= 4 is 11.5 Å². The van der Waals surface area contributed by atoms with E-state index in [0.717, 1.165) is 37.4 Å². The maximum Gasteiger partial charge on any atom is 0.124 e. The number of benzene rings is 1. The van der Waals surface area contributed by atoms with E-state index in [2.05, 4.69) is 24.8 Å². The van der Waals surface area contributed by atoms with Crippen molar-refractivity contribution in [3.05, 3.63) is 29.3 Å². The van der Waals surface area contributed by atoms with E-state index in [4.69, 9.17) is 15.9 Å². The van der Waals surface area contributed by atoms with Crippen molar-refractivity contribution in [2.75, 3.05) is 24.6 Å². The molecule has 1 fully saturated rings. The van der Waals surface area contributed by atoms with Crippen molar-refractivity contribution in [3.63, 3.8) is 0 Å². The minimum Gasteiger partial charge on any atom is -0.384 e. The quantitative estimate of drug-likeness (QED) is 0.633. The Morgan fingerprint density at radius 2 is 2.33 bits per heavy atom. The van der Waals surface area contributed by atoms with Crippen molar-refractivity contribution in [3.8, 4) is 0 Å². The van der Waals surface area contributed by atoms with E-state index in [1.54, 1.807) is 0 Å². The zero-order chi connectivity index (χ0) is 13.1.